The molecule has 0 saturated carbocycles. The number of rotatable bonds is 12. The molecule has 4 aromatic rings. The van der Waals surface area contributed by atoms with Crippen LogP contribution in [0.5, 0.6) is 5.75 Å². The molecule has 0 spiro atoms. The number of furan rings is 1. The van der Waals surface area contributed by atoms with Crippen molar-refractivity contribution < 1.29 is 13.9 Å². The van der Waals surface area contributed by atoms with Gasteiger partial charge in [0.15, 0.2) is 10.3 Å². The Kier molecular flexibility index (Phi) is 10.8. The van der Waals surface area contributed by atoms with Gasteiger partial charge < -0.3 is 24.4 Å². The van der Waals surface area contributed by atoms with Crippen LogP contribution in [0.15, 0.2) is 57.6 Å². The molecule has 9 nitrogen and oxygen atoms in total. The number of anilines is 2. The maximum absolute atomic E-state index is 12.2. The Labute approximate surface area is 219 Å². The van der Waals surface area contributed by atoms with Gasteiger partial charge in [-0.2, -0.15) is 0 Å². The molecule has 2 N–H and O–H groups in total. The normalized spacial score (nSPS) is 10.4. The van der Waals surface area contributed by atoms with Crippen molar-refractivity contribution in [3.8, 4) is 5.75 Å². The Hall–Kier alpha value is -3.31. The molecule has 0 aliphatic carbocycles. The quantitative estimate of drug-likeness (QED) is 0.232. The average molecular weight is 529 g/mol. The summed E-state index contributed by atoms with van der Waals surface area (Å²) in [6.07, 6.45) is 2.15. The number of amides is 1. The van der Waals surface area contributed by atoms with Gasteiger partial charge in [-0.25, -0.2) is 4.98 Å². The molecule has 0 unspecified atom stereocenters. The van der Waals surface area contributed by atoms with Gasteiger partial charge in [0.05, 0.1) is 37.3 Å². The number of thiazole rings is 1. The fraction of sp³-hybridized carbons (Fsp3) is 0.360. The molecule has 0 atom stereocenters. The Morgan fingerprint density at radius 1 is 1.17 bits per heavy atom. The number of nitrogens with zero attached hydrogens (tertiary/aromatic N) is 4. The third-order valence-corrected chi connectivity index (χ3v) is 6.56. The van der Waals surface area contributed by atoms with E-state index in [9.17, 15) is 4.79 Å². The molecule has 3 heterocycles. The highest BCUT2D eigenvalue weighted by atomic mass is 32.2. The largest absolute Gasteiger partial charge is 0.494 e. The van der Waals surface area contributed by atoms with E-state index in [4.69, 9.17) is 9.15 Å². The lowest BCUT2D eigenvalue weighted by molar-refractivity contribution is -0.118. The van der Waals surface area contributed by atoms with Gasteiger partial charge in [0.2, 0.25) is 5.91 Å². The summed E-state index contributed by atoms with van der Waals surface area (Å²) in [5.41, 5.74) is 1.86. The minimum atomic E-state index is -0.0851. The summed E-state index contributed by atoms with van der Waals surface area (Å²) in [5.74, 6) is 2.55. The molecule has 3 aromatic heterocycles. The predicted octanol–water partition coefficient (Wildman–Crippen LogP) is 5.52. The van der Waals surface area contributed by atoms with Gasteiger partial charge in [-0.15, -0.1) is 21.5 Å². The van der Waals surface area contributed by atoms with Crippen LogP contribution in [0, 0.1) is 0 Å². The fourth-order valence-corrected chi connectivity index (χ4v) is 4.77. The third kappa shape index (κ3) is 7.85. The number of ether oxygens (including phenoxy) is 1. The van der Waals surface area contributed by atoms with Gasteiger partial charge >= 0.3 is 0 Å². The average Bonchev–Trinajstić information content (AvgIpc) is 3.66. The third-order valence-electron chi connectivity index (χ3n) is 4.79. The van der Waals surface area contributed by atoms with Crippen molar-refractivity contribution in [2.75, 3.05) is 17.7 Å². The van der Waals surface area contributed by atoms with Crippen molar-refractivity contribution in [2.24, 2.45) is 0 Å². The first-order valence-corrected chi connectivity index (χ1v) is 13.8. The molecule has 36 heavy (non-hydrogen) atoms. The Balaban J connectivity index is 0.00000176. The highest BCUT2D eigenvalue weighted by molar-refractivity contribution is 7.99. The zero-order valence-corrected chi connectivity index (χ0v) is 22.6. The number of carbonyl (C=O) groups excluding carboxylic acids is 1. The SMILES string of the molecule is CC.CCOc1ccc(Nc2nc(Cc3nnc(SCC(=O)NCc4ccco4)n3CC)cs2)cc1. The number of hydrogen-bond donors (Lipinski definition) is 2. The first kappa shape index (κ1) is 27.3. The molecule has 0 aliphatic rings. The number of benzene rings is 1. The maximum atomic E-state index is 12.2. The summed E-state index contributed by atoms with van der Waals surface area (Å²) in [6.45, 7) is 9.72. The van der Waals surface area contributed by atoms with Gasteiger partial charge in [-0.1, -0.05) is 25.6 Å². The molecule has 0 fully saturated rings. The molecule has 11 heteroatoms. The number of thioether (sulfide) groups is 1. The Morgan fingerprint density at radius 2 is 1.97 bits per heavy atom. The maximum Gasteiger partial charge on any atom is 0.230 e. The number of nitrogens with one attached hydrogen (secondary N) is 2. The zero-order valence-electron chi connectivity index (χ0n) is 21.0. The topological polar surface area (TPSA) is 107 Å². The van der Waals surface area contributed by atoms with Crippen LogP contribution in [-0.4, -0.2) is 38.0 Å². The second kappa shape index (κ2) is 14.3. The molecule has 1 amide bonds. The van der Waals surface area contributed by atoms with E-state index < -0.39 is 0 Å². The smallest absolute Gasteiger partial charge is 0.230 e. The van der Waals surface area contributed by atoms with Gasteiger partial charge in [0.1, 0.15) is 17.3 Å². The van der Waals surface area contributed by atoms with Crippen LogP contribution in [0.2, 0.25) is 0 Å². The van der Waals surface area contributed by atoms with E-state index >= 15 is 0 Å². The lowest BCUT2D eigenvalue weighted by Crippen LogP contribution is -2.24. The summed E-state index contributed by atoms with van der Waals surface area (Å²) in [7, 11) is 0. The number of hydrogen-bond acceptors (Lipinski definition) is 9. The van der Waals surface area contributed by atoms with Crippen molar-refractivity contribution in [3.05, 3.63) is 65.3 Å². The minimum Gasteiger partial charge on any atom is -0.494 e. The van der Waals surface area contributed by atoms with Crippen LogP contribution in [0.1, 0.15) is 45.0 Å². The molecule has 0 aliphatic heterocycles. The highest BCUT2D eigenvalue weighted by Crippen LogP contribution is 2.25. The second-order valence-electron chi connectivity index (χ2n) is 7.19. The van der Waals surface area contributed by atoms with Crippen LogP contribution in [0.3, 0.4) is 0 Å². The first-order chi connectivity index (χ1) is 17.6. The first-order valence-electron chi connectivity index (χ1n) is 11.9. The van der Waals surface area contributed by atoms with Crippen molar-refractivity contribution in [2.45, 2.75) is 52.4 Å². The zero-order chi connectivity index (χ0) is 25.8. The summed E-state index contributed by atoms with van der Waals surface area (Å²) in [6, 6.07) is 11.4. The van der Waals surface area contributed by atoms with Crippen LogP contribution in [0.25, 0.3) is 0 Å². The highest BCUT2D eigenvalue weighted by Gasteiger charge is 2.15. The summed E-state index contributed by atoms with van der Waals surface area (Å²) < 4.78 is 12.7. The lowest BCUT2D eigenvalue weighted by Gasteiger charge is -2.07. The van der Waals surface area contributed by atoms with Gasteiger partial charge in [0, 0.05) is 17.6 Å². The van der Waals surface area contributed by atoms with Crippen LogP contribution in [0.4, 0.5) is 10.8 Å². The van der Waals surface area contributed by atoms with E-state index in [2.05, 4.69) is 25.8 Å². The van der Waals surface area contributed by atoms with Crippen molar-refractivity contribution in [1.29, 1.82) is 0 Å². The van der Waals surface area contributed by atoms with Crippen molar-refractivity contribution in [1.82, 2.24) is 25.1 Å². The fourth-order valence-electron chi connectivity index (χ4n) is 3.19. The molecular weight excluding hydrogens is 496 g/mol. The summed E-state index contributed by atoms with van der Waals surface area (Å²) in [4.78, 5) is 16.8. The molecule has 0 saturated heterocycles. The molecule has 192 valence electrons. The minimum absolute atomic E-state index is 0.0851. The molecule has 0 bridgehead atoms. The number of aromatic nitrogens is 4. The predicted molar refractivity (Wildman–Crippen MR) is 144 cm³/mol. The lowest BCUT2D eigenvalue weighted by atomic mass is 10.3. The van der Waals surface area contributed by atoms with E-state index in [1.54, 1.807) is 23.7 Å². The summed E-state index contributed by atoms with van der Waals surface area (Å²) in [5, 5.41) is 18.3. The van der Waals surface area contributed by atoms with Crippen LogP contribution < -0.4 is 15.4 Å². The van der Waals surface area contributed by atoms with E-state index in [0.29, 0.717) is 31.3 Å². The van der Waals surface area contributed by atoms with Crippen molar-refractivity contribution >= 4 is 39.8 Å². The van der Waals surface area contributed by atoms with E-state index in [1.807, 2.05) is 68.0 Å². The van der Waals surface area contributed by atoms with Crippen molar-refractivity contribution in [3.63, 3.8) is 0 Å². The second-order valence-corrected chi connectivity index (χ2v) is 8.99. The van der Waals surface area contributed by atoms with E-state index in [0.717, 1.165) is 33.8 Å². The van der Waals surface area contributed by atoms with Crippen LogP contribution >= 0.6 is 23.1 Å². The Morgan fingerprint density at radius 3 is 2.67 bits per heavy atom. The van der Waals surface area contributed by atoms with Gasteiger partial charge in [-0.05, 0) is 50.2 Å². The monoisotopic (exact) mass is 528 g/mol. The molecule has 1 aromatic carbocycles. The Bertz CT molecular complexity index is 1190. The molecular formula is C25H32N6O3S2. The van der Waals surface area contributed by atoms with Crippen LogP contribution in [-0.2, 0) is 24.3 Å². The molecule has 4 rings (SSSR count). The summed E-state index contributed by atoms with van der Waals surface area (Å²) >= 11 is 2.91. The standard InChI is InChI=1S/C23H26N6O3S2.C2H6/c1-3-29-20(27-28-23(29)34-15-21(30)24-13-19-6-5-11-32-19)12-17-14-33-22(26-17)25-16-7-9-18(10-8-16)31-4-2;1-2/h5-11,14H,3-4,12-13,15H2,1-2H3,(H,24,30)(H,25,26);1-2H3. The van der Waals surface area contributed by atoms with E-state index in [-0.39, 0.29) is 11.7 Å². The van der Waals surface area contributed by atoms with E-state index in [1.165, 1.54) is 11.8 Å². The van der Waals surface area contributed by atoms with Gasteiger partial charge in [0.25, 0.3) is 0 Å². The molecule has 0 radical (unpaired) electrons. The van der Waals surface area contributed by atoms with Gasteiger partial charge in [-0.3, -0.25) is 4.79 Å². The number of carbonyl (C=O) groups is 1.